The Hall–Kier alpha value is -3.71. The van der Waals surface area contributed by atoms with Crippen LogP contribution in [-0.4, -0.2) is 34.4 Å². The van der Waals surface area contributed by atoms with Crippen molar-refractivity contribution in [3.05, 3.63) is 69.6 Å². The van der Waals surface area contributed by atoms with E-state index in [1.54, 1.807) is 0 Å². The van der Waals surface area contributed by atoms with E-state index in [9.17, 15) is 9.59 Å². The minimum atomic E-state index is -0.814. The minimum absolute atomic E-state index is 0.169. The fourth-order valence-corrected chi connectivity index (χ4v) is 5.12. The zero-order valence-electron chi connectivity index (χ0n) is 23.7. The largest absolute Gasteiger partial charge is 0.493 e. The normalized spacial score (nSPS) is 14.3. The van der Waals surface area contributed by atoms with Gasteiger partial charge in [0.25, 0.3) is 0 Å². The molecule has 7 nitrogen and oxygen atoms in total. The molecule has 0 saturated carbocycles. The zero-order valence-corrected chi connectivity index (χ0v) is 23.7. The number of carbonyl (C=O) groups excluding carboxylic acids is 1. The van der Waals surface area contributed by atoms with E-state index in [0.29, 0.717) is 13.0 Å². The molecule has 5 rings (SSSR count). The topological polar surface area (TPSA) is 90.5 Å². The predicted molar refractivity (Wildman–Crippen MR) is 153 cm³/mol. The van der Waals surface area contributed by atoms with Gasteiger partial charge in [-0.25, -0.2) is 0 Å². The van der Waals surface area contributed by atoms with E-state index in [1.807, 2.05) is 85.0 Å². The van der Waals surface area contributed by atoms with Gasteiger partial charge in [-0.1, -0.05) is 0 Å². The molecule has 1 unspecified atom stereocenters. The molecule has 0 radical (unpaired) electrons. The highest BCUT2D eigenvalue weighted by atomic mass is 16.7. The molecule has 204 valence electrons. The Balaban J connectivity index is 1.75. The maximum absolute atomic E-state index is 13.0. The van der Waals surface area contributed by atoms with Gasteiger partial charge in [-0.2, -0.15) is 0 Å². The standard InChI is InChI=1S/C32H36N2O5/c1-18-16-23-20(9-11-25(35)34-23)28(21-8-10-24-27-19(13-15-37-24)12-14-33-29(21)27)22(18)17-26(39-32(5,6)7)38-30(36)31(2,3)4/h8-12,14,16,26H,13,15,17H2,1-7H3,(H,34,35). The van der Waals surface area contributed by atoms with Gasteiger partial charge in [-0.15, -0.1) is 0 Å². The molecule has 2 aromatic heterocycles. The smallest absolute Gasteiger partial charge is 0.313 e. The quantitative estimate of drug-likeness (QED) is 0.243. The molecule has 1 atom stereocenters. The summed E-state index contributed by atoms with van der Waals surface area (Å²) in [5, 5.41) is 1.89. The number of H-pyrrole nitrogens is 1. The number of nitrogens with one attached hydrogen (secondary N) is 1. The lowest BCUT2D eigenvalue weighted by Crippen LogP contribution is -2.36. The molecule has 4 aromatic rings. The fourth-order valence-electron chi connectivity index (χ4n) is 5.12. The molecule has 0 spiro atoms. The van der Waals surface area contributed by atoms with Gasteiger partial charge in [0.1, 0.15) is 5.75 Å². The molecule has 1 N–H and O–H groups in total. The Bertz CT molecular complexity index is 1630. The number of nitrogens with zero attached hydrogens (tertiary/aromatic N) is 1. The second-order valence-corrected chi connectivity index (χ2v) is 12.3. The molecular weight excluding hydrogens is 492 g/mol. The molecule has 2 aromatic carbocycles. The van der Waals surface area contributed by atoms with Crippen molar-refractivity contribution in [2.45, 2.75) is 73.2 Å². The zero-order chi connectivity index (χ0) is 28.1. The van der Waals surface area contributed by atoms with Crippen LogP contribution in [-0.2, 0) is 27.1 Å². The highest BCUT2D eigenvalue weighted by Gasteiger charge is 2.31. The average Bonchev–Trinajstić information content (AvgIpc) is 2.84. The van der Waals surface area contributed by atoms with Crippen molar-refractivity contribution in [3.8, 4) is 16.9 Å². The van der Waals surface area contributed by atoms with E-state index in [4.69, 9.17) is 19.2 Å². The van der Waals surface area contributed by atoms with Crippen LogP contribution in [0.25, 0.3) is 32.9 Å². The molecule has 1 aliphatic rings. The van der Waals surface area contributed by atoms with Crippen LogP contribution in [0.1, 0.15) is 58.2 Å². The number of carbonyl (C=O) groups is 1. The van der Waals surface area contributed by atoms with Crippen molar-refractivity contribution in [3.63, 3.8) is 0 Å². The second kappa shape index (κ2) is 9.79. The molecule has 7 heteroatoms. The third-order valence-electron chi connectivity index (χ3n) is 6.90. The van der Waals surface area contributed by atoms with Crippen LogP contribution >= 0.6 is 0 Å². The highest BCUT2D eigenvalue weighted by Crippen LogP contribution is 2.42. The lowest BCUT2D eigenvalue weighted by atomic mass is 9.87. The summed E-state index contributed by atoms with van der Waals surface area (Å²) in [4.78, 5) is 33.0. The predicted octanol–water partition coefficient (Wildman–Crippen LogP) is 6.26. The van der Waals surface area contributed by atoms with Gasteiger partial charge >= 0.3 is 5.97 Å². The van der Waals surface area contributed by atoms with Gasteiger partial charge in [0.2, 0.25) is 11.8 Å². The number of pyridine rings is 2. The monoisotopic (exact) mass is 528 g/mol. The van der Waals surface area contributed by atoms with E-state index in [0.717, 1.165) is 56.2 Å². The van der Waals surface area contributed by atoms with Crippen molar-refractivity contribution < 1.29 is 19.0 Å². The van der Waals surface area contributed by atoms with E-state index < -0.39 is 17.3 Å². The molecule has 0 amide bonds. The van der Waals surface area contributed by atoms with E-state index >= 15 is 0 Å². The van der Waals surface area contributed by atoms with Crippen molar-refractivity contribution in [2.75, 3.05) is 6.61 Å². The highest BCUT2D eigenvalue weighted by molar-refractivity contribution is 6.07. The number of fused-ring (bicyclic) bond motifs is 1. The average molecular weight is 529 g/mol. The number of hydrogen-bond donors (Lipinski definition) is 1. The van der Waals surface area contributed by atoms with Gasteiger partial charge in [0.05, 0.1) is 23.1 Å². The van der Waals surface area contributed by atoms with Crippen molar-refractivity contribution >= 4 is 27.8 Å². The van der Waals surface area contributed by atoms with E-state index in [2.05, 4.69) is 4.98 Å². The summed E-state index contributed by atoms with van der Waals surface area (Å²) in [5.74, 6) is 0.490. The maximum atomic E-state index is 13.0. The molecule has 3 heterocycles. The number of ether oxygens (including phenoxy) is 3. The number of aromatic amines is 1. The van der Waals surface area contributed by atoms with Gasteiger partial charge in [-0.3, -0.25) is 14.6 Å². The maximum Gasteiger partial charge on any atom is 0.313 e. The van der Waals surface area contributed by atoms with Crippen molar-refractivity contribution in [2.24, 2.45) is 5.41 Å². The first-order valence-electron chi connectivity index (χ1n) is 13.4. The summed E-state index contributed by atoms with van der Waals surface area (Å²) in [6, 6.07) is 11.4. The van der Waals surface area contributed by atoms with Gasteiger partial charge in [-0.05, 0) is 101 Å². The van der Waals surface area contributed by atoms with Gasteiger partial charge < -0.3 is 19.2 Å². The second-order valence-electron chi connectivity index (χ2n) is 12.3. The number of aromatic nitrogens is 2. The first-order chi connectivity index (χ1) is 18.3. The molecule has 1 aliphatic heterocycles. The van der Waals surface area contributed by atoms with Crippen LogP contribution < -0.4 is 10.3 Å². The van der Waals surface area contributed by atoms with Crippen LogP contribution in [0.2, 0.25) is 0 Å². The van der Waals surface area contributed by atoms with Crippen LogP contribution in [0.3, 0.4) is 0 Å². The summed E-state index contributed by atoms with van der Waals surface area (Å²) in [6.07, 6.45) is 2.17. The number of esters is 1. The molecule has 0 aliphatic carbocycles. The van der Waals surface area contributed by atoms with Crippen molar-refractivity contribution in [1.29, 1.82) is 0 Å². The Morgan fingerprint density at radius 3 is 2.59 bits per heavy atom. The molecule has 0 bridgehead atoms. The third-order valence-corrected chi connectivity index (χ3v) is 6.90. The summed E-state index contributed by atoms with van der Waals surface area (Å²) in [7, 11) is 0. The number of benzene rings is 2. The first kappa shape index (κ1) is 26.9. The summed E-state index contributed by atoms with van der Waals surface area (Å²) < 4.78 is 18.2. The minimum Gasteiger partial charge on any atom is -0.493 e. The SMILES string of the molecule is Cc1cc2[nH]c(=O)ccc2c(-c2ccc3c4c(ccnc24)CCO3)c1CC(OC(=O)C(C)(C)C)OC(C)(C)C. The lowest BCUT2D eigenvalue weighted by molar-refractivity contribution is -0.209. The van der Waals surface area contributed by atoms with Crippen LogP contribution in [0.4, 0.5) is 0 Å². The Morgan fingerprint density at radius 1 is 1.10 bits per heavy atom. The first-order valence-corrected chi connectivity index (χ1v) is 13.4. The van der Waals surface area contributed by atoms with Crippen LogP contribution in [0.15, 0.2) is 47.4 Å². The summed E-state index contributed by atoms with van der Waals surface area (Å²) in [5.41, 5.74) is 5.14. The molecule has 0 saturated heterocycles. The Kier molecular flexibility index (Phi) is 6.75. The lowest BCUT2D eigenvalue weighted by Gasteiger charge is -2.30. The number of hydrogen-bond acceptors (Lipinski definition) is 6. The number of aryl methyl sites for hydroxylation is 1. The van der Waals surface area contributed by atoms with E-state index in [1.165, 1.54) is 11.6 Å². The Labute approximate surface area is 228 Å². The van der Waals surface area contributed by atoms with Crippen LogP contribution in [0, 0.1) is 12.3 Å². The fraction of sp³-hybridized carbons (Fsp3) is 0.406. The molecule has 0 fully saturated rings. The molecular formula is C32H36N2O5. The van der Waals surface area contributed by atoms with Gasteiger partial charge in [0, 0.05) is 47.0 Å². The van der Waals surface area contributed by atoms with E-state index in [-0.39, 0.29) is 11.5 Å². The summed E-state index contributed by atoms with van der Waals surface area (Å²) in [6.45, 7) is 14.0. The van der Waals surface area contributed by atoms with Crippen LogP contribution in [0.5, 0.6) is 5.75 Å². The summed E-state index contributed by atoms with van der Waals surface area (Å²) >= 11 is 0. The molecule has 39 heavy (non-hydrogen) atoms. The van der Waals surface area contributed by atoms with Gasteiger partial charge in [0.15, 0.2) is 0 Å². The Morgan fingerprint density at radius 2 is 1.87 bits per heavy atom. The third kappa shape index (κ3) is 5.41. The van der Waals surface area contributed by atoms with Crippen molar-refractivity contribution in [1.82, 2.24) is 9.97 Å². The number of rotatable bonds is 5.